The van der Waals surface area contributed by atoms with Gasteiger partial charge in [0.25, 0.3) is 0 Å². The zero-order chi connectivity index (χ0) is 10.7. The lowest BCUT2D eigenvalue weighted by atomic mass is 9.90. The number of nitrogens with two attached hydrogens (primary N) is 1. The summed E-state index contributed by atoms with van der Waals surface area (Å²) in [7, 11) is 0. The van der Waals surface area contributed by atoms with Crippen LogP contribution in [0.4, 0.5) is 0 Å². The first-order valence-electron chi connectivity index (χ1n) is 6.05. The normalized spacial score (nSPS) is 32.1. The van der Waals surface area contributed by atoms with Gasteiger partial charge in [-0.2, -0.15) is 0 Å². The molecule has 0 amide bonds. The summed E-state index contributed by atoms with van der Waals surface area (Å²) in [6.45, 7) is 11.6. The van der Waals surface area contributed by atoms with Crippen LogP contribution in [0.1, 0.15) is 40.5 Å². The van der Waals surface area contributed by atoms with Crippen molar-refractivity contribution in [3.8, 4) is 0 Å². The molecular formula is C12H26N2. The first-order chi connectivity index (χ1) is 6.56. The minimum absolute atomic E-state index is 0.427. The number of likely N-dealkylation sites (tertiary alicyclic amines) is 1. The predicted octanol–water partition coefficient (Wildman–Crippen LogP) is 2.09. The van der Waals surface area contributed by atoms with E-state index < -0.39 is 0 Å². The highest BCUT2D eigenvalue weighted by Crippen LogP contribution is 2.22. The fraction of sp³-hybridized carbons (Fsp3) is 1.00. The van der Waals surface area contributed by atoms with Gasteiger partial charge in [0, 0.05) is 18.6 Å². The minimum Gasteiger partial charge on any atom is -0.327 e. The van der Waals surface area contributed by atoms with Crippen LogP contribution in [-0.2, 0) is 0 Å². The molecule has 2 nitrogen and oxygen atoms in total. The van der Waals surface area contributed by atoms with E-state index in [-0.39, 0.29) is 0 Å². The molecule has 84 valence electrons. The maximum atomic E-state index is 6.03. The standard InChI is InChI=1S/C12H26N2/c1-5-12(9(2)3)14-7-6-11(13)10(4)8-14/h9-12H,5-8,13H2,1-4H3. The van der Waals surface area contributed by atoms with E-state index in [2.05, 4.69) is 32.6 Å². The highest BCUT2D eigenvalue weighted by atomic mass is 15.2. The zero-order valence-electron chi connectivity index (χ0n) is 10.2. The Labute approximate surface area is 88.8 Å². The minimum atomic E-state index is 0.427. The topological polar surface area (TPSA) is 29.3 Å². The van der Waals surface area contributed by atoms with Crippen molar-refractivity contribution in [2.24, 2.45) is 17.6 Å². The molecule has 0 bridgehead atoms. The monoisotopic (exact) mass is 198 g/mol. The molecule has 0 aromatic rings. The SMILES string of the molecule is CCC(C(C)C)N1CCC(N)C(C)C1. The van der Waals surface area contributed by atoms with Gasteiger partial charge in [-0.1, -0.05) is 27.7 Å². The second-order valence-electron chi connectivity index (χ2n) is 5.14. The first kappa shape index (κ1) is 12.0. The Bertz CT molecular complexity index is 168. The largest absolute Gasteiger partial charge is 0.327 e. The van der Waals surface area contributed by atoms with Crippen LogP contribution in [-0.4, -0.2) is 30.1 Å². The van der Waals surface area contributed by atoms with Crippen LogP contribution in [0.5, 0.6) is 0 Å². The second-order valence-corrected chi connectivity index (χ2v) is 5.14. The van der Waals surface area contributed by atoms with Crippen LogP contribution in [0.25, 0.3) is 0 Å². The Morgan fingerprint density at radius 1 is 1.43 bits per heavy atom. The van der Waals surface area contributed by atoms with Gasteiger partial charge in [0.05, 0.1) is 0 Å². The molecule has 1 fully saturated rings. The summed E-state index contributed by atoms with van der Waals surface area (Å²) in [5.41, 5.74) is 6.03. The molecule has 0 aromatic heterocycles. The van der Waals surface area contributed by atoms with Gasteiger partial charge < -0.3 is 5.73 Å². The maximum absolute atomic E-state index is 6.03. The third-order valence-corrected chi connectivity index (χ3v) is 3.66. The molecule has 3 unspecified atom stereocenters. The molecule has 0 aliphatic carbocycles. The van der Waals surface area contributed by atoms with E-state index in [1.807, 2.05) is 0 Å². The summed E-state index contributed by atoms with van der Waals surface area (Å²) in [4.78, 5) is 2.64. The molecule has 0 spiro atoms. The summed E-state index contributed by atoms with van der Waals surface area (Å²) in [5.74, 6) is 1.43. The van der Waals surface area contributed by atoms with Gasteiger partial charge >= 0.3 is 0 Å². The number of rotatable bonds is 3. The van der Waals surface area contributed by atoms with Crippen molar-refractivity contribution < 1.29 is 0 Å². The quantitative estimate of drug-likeness (QED) is 0.752. The smallest absolute Gasteiger partial charge is 0.0116 e. The van der Waals surface area contributed by atoms with E-state index >= 15 is 0 Å². The highest BCUT2D eigenvalue weighted by molar-refractivity contribution is 4.84. The lowest BCUT2D eigenvalue weighted by molar-refractivity contribution is 0.0876. The number of hydrogen-bond donors (Lipinski definition) is 1. The summed E-state index contributed by atoms with van der Waals surface area (Å²) >= 11 is 0. The molecule has 1 rings (SSSR count). The Balaban J connectivity index is 2.52. The third-order valence-electron chi connectivity index (χ3n) is 3.66. The van der Waals surface area contributed by atoms with E-state index in [4.69, 9.17) is 5.73 Å². The molecule has 0 radical (unpaired) electrons. The van der Waals surface area contributed by atoms with Gasteiger partial charge in [0.1, 0.15) is 0 Å². The van der Waals surface area contributed by atoms with Crippen molar-refractivity contribution in [3.63, 3.8) is 0 Å². The van der Waals surface area contributed by atoms with Crippen LogP contribution in [0.2, 0.25) is 0 Å². The number of piperidine rings is 1. The van der Waals surface area contributed by atoms with E-state index in [9.17, 15) is 0 Å². The first-order valence-corrected chi connectivity index (χ1v) is 6.05. The molecule has 1 aliphatic heterocycles. The Morgan fingerprint density at radius 2 is 2.07 bits per heavy atom. The van der Waals surface area contributed by atoms with Gasteiger partial charge in [0.2, 0.25) is 0 Å². The summed E-state index contributed by atoms with van der Waals surface area (Å²) < 4.78 is 0. The Kier molecular flexibility index (Phi) is 4.39. The van der Waals surface area contributed by atoms with E-state index in [1.54, 1.807) is 0 Å². The molecule has 0 aromatic carbocycles. The molecule has 0 saturated carbocycles. The maximum Gasteiger partial charge on any atom is 0.0116 e. The van der Waals surface area contributed by atoms with Crippen LogP contribution in [0.15, 0.2) is 0 Å². The van der Waals surface area contributed by atoms with Crippen LogP contribution in [0, 0.1) is 11.8 Å². The van der Waals surface area contributed by atoms with E-state index in [0.29, 0.717) is 12.0 Å². The summed E-state index contributed by atoms with van der Waals surface area (Å²) in [6, 6.07) is 1.18. The average molecular weight is 198 g/mol. The van der Waals surface area contributed by atoms with Crippen LogP contribution < -0.4 is 5.73 Å². The average Bonchev–Trinajstić information content (AvgIpc) is 2.11. The van der Waals surface area contributed by atoms with E-state index in [1.165, 1.54) is 25.9 Å². The molecular weight excluding hydrogens is 172 g/mol. The predicted molar refractivity (Wildman–Crippen MR) is 62.2 cm³/mol. The van der Waals surface area contributed by atoms with Crippen LogP contribution >= 0.6 is 0 Å². The molecule has 1 heterocycles. The zero-order valence-corrected chi connectivity index (χ0v) is 10.2. The van der Waals surface area contributed by atoms with Gasteiger partial charge in [-0.05, 0) is 31.2 Å². The van der Waals surface area contributed by atoms with Crippen molar-refractivity contribution in [3.05, 3.63) is 0 Å². The summed E-state index contributed by atoms with van der Waals surface area (Å²) in [5, 5.41) is 0. The van der Waals surface area contributed by atoms with Gasteiger partial charge in [-0.15, -0.1) is 0 Å². The lowest BCUT2D eigenvalue weighted by Crippen LogP contribution is -2.51. The molecule has 14 heavy (non-hydrogen) atoms. The second kappa shape index (κ2) is 5.13. The Hall–Kier alpha value is -0.0800. The van der Waals surface area contributed by atoms with Crippen molar-refractivity contribution in [1.29, 1.82) is 0 Å². The lowest BCUT2D eigenvalue weighted by Gasteiger charge is -2.41. The fourth-order valence-corrected chi connectivity index (χ4v) is 2.65. The number of nitrogens with zero attached hydrogens (tertiary/aromatic N) is 1. The van der Waals surface area contributed by atoms with Crippen molar-refractivity contribution in [1.82, 2.24) is 4.90 Å². The van der Waals surface area contributed by atoms with Gasteiger partial charge in [-0.25, -0.2) is 0 Å². The third kappa shape index (κ3) is 2.71. The molecule has 2 heteroatoms. The highest BCUT2D eigenvalue weighted by Gasteiger charge is 2.28. The van der Waals surface area contributed by atoms with Gasteiger partial charge in [0.15, 0.2) is 0 Å². The van der Waals surface area contributed by atoms with Crippen molar-refractivity contribution >= 4 is 0 Å². The van der Waals surface area contributed by atoms with E-state index in [0.717, 1.165) is 12.0 Å². The molecule has 1 saturated heterocycles. The summed E-state index contributed by atoms with van der Waals surface area (Å²) in [6.07, 6.45) is 2.43. The van der Waals surface area contributed by atoms with Crippen molar-refractivity contribution in [2.45, 2.75) is 52.6 Å². The molecule has 3 atom stereocenters. The molecule has 1 aliphatic rings. The number of hydrogen-bond acceptors (Lipinski definition) is 2. The Morgan fingerprint density at radius 3 is 2.50 bits per heavy atom. The van der Waals surface area contributed by atoms with Crippen molar-refractivity contribution in [2.75, 3.05) is 13.1 Å². The fourth-order valence-electron chi connectivity index (χ4n) is 2.65. The van der Waals surface area contributed by atoms with Gasteiger partial charge in [-0.3, -0.25) is 4.90 Å². The van der Waals surface area contributed by atoms with Crippen LogP contribution in [0.3, 0.4) is 0 Å². The molecule has 2 N–H and O–H groups in total.